The van der Waals surface area contributed by atoms with Gasteiger partial charge in [0.1, 0.15) is 23.5 Å². The average molecular weight is 656 g/mol. The summed E-state index contributed by atoms with van der Waals surface area (Å²) in [5.74, 6) is -0.634. The highest BCUT2D eigenvalue weighted by Crippen LogP contribution is 2.43. The standard InChI is InChI=1S/C35H37F4N3O5/c1-19-13-30(41-11-4-12-41)40-28(18-42-20(2)32(47-34(42)45)24-14-25(35(37,38)39)17-26(36)15-24)31(19)27-16-23(9-10-29(27)46-3)21-5-7-22(8-6-21)33(43)44/h9-10,13-17,20-22,32H,4-8,11-12,18H2,1-3H3,(H,43,44)/t20-,21?,22?,32-/m0/s1. The first-order valence-corrected chi connectivity index (χ1v) is 15.9. The molecule has 0 radical (unpaired) electrons. The maximum absolute atomic E-state index is 14.3. The van der Waals surface area contributed by atoms with Crippen molar-refractivity contribution in [3.63, 3.8) is 0 Å². The van der Waals surface area contributed by atoms with E-state index in [4.69, 9.17) is 14.5 Å². The molecule has 1 amide bonds. The van der Waals surface area contributed by atoms with Gasteiger partial charge in [0.15, 0.2) is 0 Å². The molecule has 2 atom stereocenters. The highest BCUT2D eigenvalue weighted by Gasteiger charge is 2.42. The first-order chi connectivity index (χ1) is 22.3. The number of carboxylic acid groups (broad SMARTS) is 1. The van der Waals surface area contributed by atoms with Crippen LogP contribution in [0.3, 0.4) is 0 Å². The van der Waals surface area contributed by atoms with Crippen LogP contribution in [0.5, 0.6) is 5.75 Å². The number of alkyl halides is 3. The Bertz CT molecular complexity index is 1680. The van der Waals surface area contributed by atoms with Crippen molar-refractivity contribution >= 4 is 17.9 Å². The molecular weight excluding hydrogens is 618 g/mol. The molecule has 1 aromatic heterocycles. The Labute approximate surface area is 270 Å². The van der Waals surface area contributed by atoms with E-state index in [-0.39, 0.29) is 23.9 Å². The zero-order valence-electron chi connectivity index (χ0n) is 26.4. The second-order valence-corrected chi connectivity index (χ2v) is 12.8. The molecule has 3 aliphatic rings. The molecular formula is C35H37F4N3O5. The molecule has 8 nitrogen and oxygen atoms in total. The summed E-state index contributed by atoms with van der Waals surface area (Å²) in [5, 5.41) is 9.47. The predicted octanol–water partition coefficient (Wildman–Crippen LogP) is 7.87. The average Bonchev–Trinajstić information content (AvgIpc) is 3.27. The van der Waals surface area contributed by atoms with Gasteiger partial charge in [-0.25, -0.2) is 14.2 Å². The Hall–Kier alpha value is -4.35. The van der Waals surface area contributed by atoms with Crippen LogP contribution in [0, 0.1) is 18.7 Å². The van der Waals surface area contributed by atoms with Crippen molar-refractivity contribution in [2.45, 2.75) is 76.7 Å². The molecule has 1 saturated carbocycles. The number of benzene rings is 2. The zero-order chi connectivity index (χ0) is 33.6. The van der Waals surface area contributed by atoms with Crippen LogP contribution in [0.15, 0.2) is 42.5 Å². The van der Waals surface area contributed by atoms with Gasteiger partial charge in [0.05, 0.1) is 36.9 Å². The molecule has 12 heteroatoms. The van der Waals surface area contributed by atoms with E-state index in [0.717, 1.165) is 72.6 Å². The topological polar surface area (TPSA) is 92.2 Å². The molecule has 47 heavy (non-hydrogen) atoms. The Morgan fingerprint density at radius 2 is 1.79 bits per heavy atom. The summed E-state index contributed by atoms with van der Waals surface area (Å²) < 4.78 is 66.1. The van der Waals surface area contributed by atoms with Crippen LogP contribution in [-0.4, -0.2) is 53.3 Å². The van der Waals surface area contributed by atoms with Gasteiger partial charge in [-0.3, -0.25) is 9.69 Å². The quantitative estimate of drug-likeness (QED) is 0.247. The summed E-state index contributed by atoms with van der Waals surface area (Å²) in [5.41, 5.74) is 2.83. The normalized spacial score (nSPS) is 23.0. The van der Waals surface area contributed by atoms with E-state index in [0.29, 0.717) is 30.4 Å². The van der Waals surface area contributed by atoms with Crippen molar-refractivity contribution in [2.24, 2.45) is 5.92 Å². The number of methoxy groups -OCH3 is 1. The third kappa shape index (κ3) is 6.46. The molecule has 0 bridgehead atoms. The molecule has 0 spiro atoms. The SMILES string of the molecule is COc1ccc(C2CCC(C(=O)O)CC2)cc1-c1c(C)cc(N2CCC2)nc1CN1C(=O)O[C@H](c2cc(F)cc(C(F)(F)F)c2)[C@@H]1C. The van der Waals surface area contributed by atoms with E-state index in [1.807, 2.05) is 25.1 Å². The Morgan fingerprint density at radius 1 is 1.06 bits per heavy atom. The molecule has 1 aliphatic carbocycles. The second kappa shape index (κ2) is 12.7. The van der Waals surface area contributed by atoms with Crippen LogP contribution in [0.25, 0.3) is 11.1 Å². The molecule has 3 fully saturated rings. The first-order valence-electron chi connectivity index (χ1n) is 15.9. The van der Waals surface area contributed by atoms with Gasteiger partial charge in [-0.2, -0.15) is 13.2 Å². The monoisotopic (exact) mass is 655 g/mol. The van der Waals surface area contributed by atoms with E-state index in [2.05, 4.69) is 11.0 Å². The van der Waals surface area contributed by atoms with Gasteiger partial charge in [-0.15, -0.1) is 0 Å². The van der Waals surface area contributed by atoms with Gasteiger partial charge in [-0.05, 0) is 105 Å². The van der Waals surface area contributed by atoms with E-state index in [9.17, 15) is 32.3 Å². The van der Waals surface area contributed by atoms with Crippen LogP contribution in [-0.2, 0) is 22.3 Å². The van der Waals surface area contributed by atoms with Crippen molar-refractivity contribution in [3.05, 3.63) is 76.2 Å². The number of carbonyl (C=O) groups excluding carboxylic acids is 1. The van der Waals surface area contributed by atoms with Crippen molar-refractivity contribution in [1.29, 1.82) is 0 Å². The maximum Gasteiger partial charge on any atom is 0.416 e. The van der Waals surface area contributed by atoms with Crippen LogP contribution < -0.4 is 9.64 Å². The smallest absolute Gasteiger partial charge is 0.416 e. The lowest BCUT2D eigenvalue weighted by Crippen LogP contribution is -2.38. The van der Waals surface area contributed by atoms with Gasteiger partial charge in [0.2, 0.25) is 0 Å². The number of hydrogen-bond donors (Lipinski definition) is 1. The lowest BCUT2D eigenvalue weighted by molar-refractivity contribution is -0.143. The van der Waals surface area contributed by atoms with Gasteiger partial charge in [-0.1, -0.05) is 6.07 Å². The summed E-state index contributed by atoms with van der Waals surface area (Å²) in [4.78, 5) is 33.4. The number of aryl methyl sites for hydroxylation is 1. The maximum atomic E-state index is 14.3. The van der Waals surface area contributed by atoms with Gasteiger partial charge < -0.3 is 19.5 Å². The number of halogens is 4. The minimum Gasteiger partial charge on any atom is -0.496 e. The fourth-order valence-corrected chi connectivity index (χ4v) is 7.02. The number of amides is 1. The number of cyclic esters (lactones) is 1. The minimum absolute atomic E-state index is 0.00704. The fraction of sp³-hybridized carbons (Fsp3) is 0.457. The van der Waals surface area contributed by atoms with Crippen LogP contribution >= 0.6 is 0 Å². The van der Waals surface area contributed by atoms with Crippen molar-refractivity contribution in [2.75, 3.05) is 25.1 Å². The number of carbonyl (C=O) groups is 2. The molecule has 2 aromatic carbocycles. The summed E-state index contributed by atoms with van der Waals surface area (Å²) in [7, 11) is 1.58. The molecule has 1 N–H and O–H groups in total. The number of aromatic nitrogens is 1. The first kappa shape index (κ1) is 32.6. The van der Waals surface area contributed by atoms with Gasteiger partial charge >= 0.3 is 18.2 Å². The van der Waals surface area contributed by atoms with E-state index in [1.54, 1.807) is 14.0 Å². The lowest BCUT2D eigenvalue weighted by Gasteiger charge is -2.33. The van der Waals surface area contributed by atoms with Crippen molar-refractivity contribution < 1.29 is 41.7 Å². The lowest BCUT2D eigenvalue weighted by atomic mass is 9.78. The highest BCUT2D eigenvalue weighted by atomic mass is 19.4. The molecule has 2 saturated heterocycles. The number of pyridine rings is 1. The summed E-state index contributed by atoms with van der Waals surface area (Å²) in [6.45, 7) is 5.30. The number of anilines is 1. The van der Waals surface area contributed by atoms with E-state index in [1.165, 1.54) is 4.90 Å². The number of aliphatic carboxylic acids is 1. The Balaban J connectivity index is 1.37. The number of ether oxygens (including phenoxy) is 2. The predicted molar refractivity (Wildman–Crippen MR) is 166 cm³/mol. The summed E-state index contributed by atoms with van der Waals surface area (Å²) in [6, 6.07) is 9.43. The van der Waals surface area contributed by atoms with Crippen molar-refractivity contribution in [1.82, 2.24) is 9.88 Å². The second-order valence-electron chi connectivity index (χ2n) is 12.8. The molecule has 2 aliphatic heterocycles. The fourth-order valence-electron chi connectivity index (χ4n) is 7.02. The third-order valence-corrected chi connectivity index (χ3v) is 9.79. The molecule has 6 rings (SSSR count). The van der Waals surface area contributed by atoms with E-state index < -0.39 is 41.8 Å². The zero-order valence-corrected chi connectivity index (χ0v) is 26.4. The molecule has 250 valence electrons. The van der Waals surface area contributed by atoms with Crippen LogP contribution in [0.4, 0.5) is 28.2 Å². The molecule has 3 aromatic rings. The Morgan fingerprint density at radius 3 is 2.40 bits per heavy atom. The minimum atomic E-state index is -4.76. The largest absolute Gasteiger partial charge is 0.496 e. The van der Waals surface area contributed by atoms with Gasteiger partial charge in [0.25, 0.3) is 0 Å². The number of carboxylic acids is 1. The van der Waals surface area contributed by atoms with Crippen LogP contribution in [0.2, 0.25) is 0 Å². The van der Waals surface area contributed by atoms with Crippen LogP contribution in [0.1, 0.15) is 79.0 Å². The number of rotatable bonds is 8. The van der Waals surface area contributed by atoms with Gasteiger partial charge in [0, 0.05) is 24.2 Å². The third-order valence-electron chi connectivity index (χ3n) is 9.79. The summed E-state index contributed by atoms with van der Waals surface area (Å²) >= 11 is 0. The number of nitrogens with zero attached hydrogens (tertiary/aromatic N) is 3. The number of hydrogen-bond acceptors (Lipinski definition) is 6. The Kier molecular flexibility index (Phi) is 8.80. The molecule has 3 heterocycles. The highest BCUT2D eigenvalue weighted by molar-refractivity contribution is 5.78. The molecule has 0 unspecified atom stereocenters. The summed E-state index contributed by atoms with van der Waals surface area (Å²) in [6.07, 6.45) is -2.91. The van der Waals surface area contributed by atoms with E-state index >= 15 is 0 Å². The van der Waals surface area contributed by atoms with Crippen molar-refractivity contribution in [3.8, 4) is 16.9 Å².